The Morgan fingerprint density at radius 1 is 1.16 bits per heavy atom. The predicted molar refractivity (Wildman–Crippen MR) is 121 cm³/mol. The largest absolute Gasteiger partial charge is 0.481 e. The maximum Gasteiger partial charge on any atom is 0.303 e. The van der Waals surface area contributed by atoms with Crippen LogP contribution in [0.25, 0.3) is 0 Å². The number of rotatable bonds is 11. The minimum absolute atomic E-state index is 0.0127. The number of carbonyl (C=O) groups is 1. The zero-order chi connectivity index (χ0) is 22.4. The van der Waals surface area contributed by atoms with Crippen molar-refractivity contribution in [2.75, 3.05) is 13.2 Å². The molecule has 2 fully saturated rings. The van der Waals surface area contributed by atoms with Crippen molar-refractivity contribution < 1.29 is 23.8 Å². The van der Waals surface area contributed by atoms with E-state index in [0.717, 1.165) is 31.4 Å². The van der Waals surface area contributed by atoms with Crippen LogP contribution in [0.4, 0.5) is 4.39 Å². The van der Waals surface area contributed by atoms with Crippen molar-refractivity contribution in [3.05, 3.63) is 83.7 Å². The summed E-state index contributed by atoms with van der Waals surface area (Å²) >= 11 is 0. The molecular formula is C27H31FO4. The third kappa shape index (κ3) is 5.11. The molecule has 1 heterocycles. The van der Waals surface area contributed by atoms with E-state index in [1.807, 2.05) is 6.07 Å². The average molecular weight is 439 g/mol. The predicted octanol–water partition coefficient (Wildman–Crippen LogP) is 5.52. The number of allylic oxidation sites excluding steroid dienone is 2. The number of hydrogen-bond donors (Lipinski definition) is 1. The van der Waals surface area contributed by atoms with Gasteiger partial charge < -0.3 is 14.6 Å². The Kier molecular flexibility index (Phi) is 7.38. The molecule has 2 aromatic carbocycles. The first kappa shape index (κ1) is 22.7. The van der Waals surface area contributed by atoms with Crippen molar-refractivity contribution >= 4 is 5.97 Å². The lowest BCUT2D eigenvalue weighted by molar-refractivity contribution is -0.137. The molecule has 0 unspecified atom stereocenters. The van der Waals surface area contributed by atoms with Crippen LogP contribution in [0.5, 0.6) is 0 Å². The molecular weight excluding hydrogens is 407 g/mol. The van der Waals surface area contributed by atoms with Crippen LogP contribution in [0.1, 0.15) is 43.2 Å². The Morgan fingerprint density at radius 3 is 2.69 bits per heavy atom. The van der Waals surface area contributed by atoms with Crippen LogP contribution < -0.4 is 0 Å². The highest BCUT2D eigenvalue weighted by atomic mass is 19.1. The van der Waals surface area contributed by atoms with Crippen molar-refractivity contribution in [2.24, 2.45) is 11.8 Å². The number of benzene rings is 2. The fourth-order valence-corrected chi connectivity index (χ4v) is 5.37. The third-order valence-electron chi connectivity index (χ3n) is 6.98. The van der Waals surface area contributed by atoms with Crippen molar-refractivity contribution in [3.8, 4) is 0 Å². The van der Waals surface area contributed by atoms with Gasteiger partial charge in [-0.25, -0.2) is 4.39 Å². The van der Waals surface area contributed by atoms with Crippen molar-refractivity contribution in [1.82, 2.24) is 0 Å². The van der Waals surface area contributed by atoms with Crippen LogP contribution in [0, 0.1) is 17.7 Å². The van der Waals surface area contributed by atoms with E-state index in [9.17, 15) is 9.18 Å². The van der Waals surface area contributed by atoms with Gasteiger partial charge in [-0.3, -0.25) is 4.79 Å². The second kappa shape index (κ2) is 10.4. The maximum atomic E-state index is 13.2. The Labute approximate surface area is 189 Å². The molecule has 32 heavy (non-hydrogen) atoms. The highest BCUT2D eigenvalue weighted by Gasteiger charge is 2.58. The Morgan fingerprint density at radius 2 is 1.94 bits per heavy atom. The quantitative estimate of drug-likeness (QED) is 0.371. The summed E-state index contributed by atoms with van der Waals surface area (Å²) in [6.07, 6.45) is 8.08. The van der Waals surface area contributed by atoms with E-state index in [-0.39, 0.29) is 29.7 Å². The first-order valence-corrected chi connectivity index (χ1v) is 11.4. The normalized spacial score (nSPS) is 26.7. The Balaban J connectivity index is 1.43. The summed E-state index contributed by atoms with van der Waals surface area (Å²) in [4.78, 5) is 10.7. The molecule has 1 N–H and O–H groups in total. The average Bonchev–Trinajstić information content (AvgIpc) is 3.36. The molecule has 1 aliphatic heterocycles. The number of hydrogen-bond acceptors (Lipinski definition) is 3. The van der Waals surface area contributed by atoms with E-state index in [0.29, 0.717) is 25.6 Å². The van der Waals surface area contributed by atoms with Gasteiger partial charge in [0.05, 0.1) is 25.9 Å². The van der Waals surface area contributed by atoms with Gasteiger partial charge in [-0.15, -0.1) is 0 Å². The van der Waals surface area contributed by atoms with Gasteiger partial charge in [-0.1, -0.05) is 54.6 Å². The van der Waals surface area contributed by atoms with Gasteiger partial charge in [0.2, 0.25) is 0 Å². The summed E-state index contributed by atoms with van der Waals surface area (Å²) in [5, 5.41) is 8.82. The van der Waals surface area contributed by atoms with Gasteiger partial charge in [0.25, 0.3) is 0 Å². The van der Waals surface area contributed by atoms with Gasteiger partial charge in [0.15, 0.2) is 0 Å². The topological polar surface area (TPSA) is 55.8 Å². The molecule has 1 saturated carbocycles. The van der Waals surface area contributed by atoms with Crippen LogP contribution in [-0.2, 0) is 26.3 Å². The van der Waals surface area contributed by atoms with E-state index in [1.165, 1.54) is 17.7 Å². The highest BCUT2D eigenvalue weighted by molar-refractivity contribution is 5.66. The van der Waals surface area contributed by atoms with Gasteiger partial charge in [-0.05, 0) is 54.9 Å². The first-order valence-electron chi connectivity index (χ1n) is 11.4. The maximum absolute atomic E-state index is 13.2. The van der Waals surface area contributed by atoms with Crippen molar-refractivity contribution in [3.63, 3.8) is 0 Å². The van der Waals surface area contributed by atoms with Gasteiger partial charge >= 0.3 is 5.97 Å². The Hall–Kier alpha value is -2.50. The standard InChI is InChI=1S/C27H31FO4/c28-22-14-12-20(13-15-22)17-31-18-23-24(10-6-1-2-7-11-26(29)30)27(16-25(23)32-19-27)21-8-4-3-5-9-21/h1,3-6,8-9,12-15,23-25H,2,7,10-11,16-19H2,(H,29,30)/b6-1-/t23-,24-,25-,27-/m1/s1. The lowest BCUT2D eigenvalue weighted by Gasteiger charge is -2.39. The third-order valence-corrected chi connectivity index (χ3v) is 6.98. The fourth-order valence-electron chi connectivity index (χ4n) is 5.37. The molecule has 2 aromatic rings. The summed E-state index contributed by atoms with van der Waals surface area (Å²) in [6.45, 7) is 1.79. The molecule has 1 aliphatic carbocycles. The van der Waals surface area contributed by atoms with E-state index in [2.05, 4.69) is 36.4 Å². The molecule has 4 rings (SSSR count). The number of aliphatic carboxylic acids is 1. The van der Waals surface area contributed by atoms with Crippen molar-refractivity contribution in [1.29, 1.82) is 0 Å². The number of unbranched alkanes of at least 4 members (excludes halogenated alkanes) is 1. The summed E-state index contributed by atoms with van der Waals surface area (Å²) in [5.41, 5.74) is 2.28. The molecule has 4 nitrogen and oxygen atoms in total. The molecule has 0 radical (unpaired) electrons. The number of carboxylic acids is 1. The molecule has 4 atom stereocenters. The van der Waals surface area contributed by atoms with E-state index < -0.39 is 5.97 Å². The second-order valence-corrected chi connectivity index (χ2v) is 8.98. The van der Waals surface area contributed by atoms with Crippen LogP contribution in [0.3, 0.4) is 0 Å². The van der Waals surface area contributed by atoms with Gasteiger partial charge in [0, 0.05) is 17.8 Å². The minimum Gasteiger partial charge on any atom is -0.481 e. The lowest BCUT2D eigenvalue weighted by Crippen LogP contribution is -2.41. The summed E-state index contributed by atoms with van der Waals surface area (Å²) in [7, 11) is 0. The Bertz CT molecular complexity index is 911. The van der Waals surface area contributed by atoms with Gasteiger partial charge in [0.1, 0.15) is 5.82 Å². The van der Waals surface area contributed by atoms with Crippen LogP contribution in [0.15, 0.2) is 66.7 Å². The molecule has 1 saturated heterocycles. The number of halogens is 1. The van der Waals surface area contributed by atoms with E-state index >= 15 is 0 Å². The molecule has 2 aliphatic rings. The summed E-state index contributed by atoms with van der Waals surface area (Å²) in [5.74, 6) is -0.305. The molecule has 5 heteroatoms. The SMILES string of the molecule is O=C(O)CCC/C=C\C[C@@H]1[C@@H](COCc2ccc(F)cc2)[C@H]2C[C@]1(c1ccccc1)CO2. The summed E-state index contributed by atoms with van der Waals surface area (Å²) in [6, 6.07) is 17.1. The highest BCUT2D eigenvalue weighted by Crippen LogP contribution is 2.56. The van der Waals surface area contributed by atoms with Crippen LogP contribution >= 0.6 is 0 Å². The van der Waals surface area contributed by atoms with E-state index in [1.54, 1.807) is 12.1 Å². The number of fused-ring (bicyclic) bond motifs is 2. The zero-order valence-electron chi connectivity index (χ0n) is 18.3. The van der Waals surface area contributed by atoms with Crippen LogP contribution in [0.2, 0.25) is 0 Å². The monoisotopic (exact) mass is 438 g/mol. The molecule has 0 amide bonds. The second-order valence-electron chi connectivity index (χ2n) is 8.98. The zero-order valence-corrected chi connectivity index (χ0v) is 18.3. The number of ether oxygens (including phenoxy) is 2. The fraction of sp³-hybridized carbons (Fsp3) is 0.444. The molecule has 170 valence electrons. The van der Waals surface area contributed by atoms with Crippen molar-refractivity contribution in [2.45, 2.75) is 50.2 Å². The molecule has 2 bridgehead atoms. The molecule has 0 spiro atoms. The van der Waals surface area contributed by atoms with Gasteiger partial charge in [-0.2, -0.15) is 0 Å². The minimum atomic E-state index is -0.745. The first-order chi connectivity index (χ1) is 15.6. The van der Waals surface area contributed by atoms with E-state index in [4.69, 9.17) is 14.6 Å². The summed E-state index contributed by atoms with van der Waals surface area (Å²) < 4.78 is 25.5. The molecule has 0 aromatic heterocycles. The number of carboxylic acid groups (broad SMARTS) is 1. The lowest BCUT2D eigenvalue weighted by atomic mass is 9.69. The smallest absolute Gasteiger partial charge is 0.303 e. The van der Waals surface area contributed by atoms with Crippen LogP contribution in [-0.4, -0.2) is 30.4 Å².